The van der Waals surface area contributed by atoms with Gasteiger partial charge in [0, 0.05) is 23.5 Å². The fourth-order valence-electron chi connectivity index (χ4n) is 1.80. The van der Waals surface area contributed by atoms with Crippen molar-refractivity contribution in [1.82, 2.24) is 0 Å². The second-order valence-corrected chi connectivity index (χ2v) is 5.67. The van der Waals surface area contributed by atoms with Gasteiger partial charge in [-0.05, 0) is 23.8 Å². The molecule has 1 saturated heterocycles. The van der Waals surface area contributed by atoms with Gasteiger partial charge < -0.3 is 5.32 Å². The lowest BCUT2D eigenvalue weighted by Crippen LogP contribution is -2.25. The molecule has 0 saturated carbocycles. The van der Waals surface area contributed by atoms with Crippen LogP contribution in [0.5, 0.6) is 0 Å². The van der Waals surface area contributed by atoms with Gasteiger partial charge in [0.2, 0.25) is 0 Å². The molecule has 2 atom stereocenters. The van der Waals surface area contributed by atoms with E-state index in [1.807, 2.05) is 11.8 Å². The zero-order chi connectivity index (χ0) is 12.4. The van der Waals surface area contributed by atoms with Gasteiger partial charge >= 0.3 is 0 Å². The molecule has 0 amide bonds. The first-order valence-electron chi connectivity index (χ1n) is 5.36. The molecule has 0 bridgehead atoms. The quantitative estimate of drug-likeness (QED) is 0.677. The van der Waals surface area contributed by atoms with Crippen molar-refractivity contribution in [2.24, 2.45) is 5.92 Å². The van der Waals surface area contributed by atoms with Crippen LogP contribution in [0.3, 0.4) is 0 Å². The van der Waals surface area contributed by atoms with Gasteiger partial charge in [0.1, 0.15) is 5.02 Å². The van der Waals surface area contributed by atoms with Crippen molar-refractivity contribution in [3.8, 4) is 0 Å². The van der Waals surface area contributed by atoms with Crippen LogP contribution in [0, 0.1) is 16.0 Å². The van der Waals surface area contributed by atoms with E-state index < -0.39 is 4.92 Å². The Labute approximate surface area is 109 Å². The number of hydrogen-bond acceptors (Lipinski definition) is 4. The van der Waals surface area contributed by atoms with Crippen molar-refractivity contribution >= 4 is 34.7 Å². The van der Waals surface area contributed by atoms with E-state index in [-0.39, 0.29) is 10.7 Å². The van der Waals surface area contributed by atoms with Crippen molar-refractivity contribution in [3.63, 3.8) is 0 Å². The van der Waals surface area contributed by atoms with Crippen LogP contribution in [0.4, 0.5) is 11.4 Å². The van der Waals surface area contributed by atoms with E-state index in [9.17, 15) is 10.1 Å². The maximum Gasteiger partial charge on any atom is 0.288 e. The molecular weight excluding hydrogens is 260 g/mol. The largest absolute Gasteiger partial charge is 0.381 e. The summed E-state index contributed by atoms with van der Waals surface area (Å²) in [6.45, 7) is 2.20. The molecule has 1 aliphatic heterocycles. The van der Waals surface area contributed by atoms with Crippen molar-refractivity contribution < 1.29 is 4.92 Å². The average molecular weight is 273 g/mol. The summed E-state index contributed by atoms with van der Waals surface area (Å²) in [6.07, 6.45) is 0. The van der Waals surface area contributed by atoms with Crippen molar-refractivity contribution in [2.75, 3.05) is 16.8 Å². The van der Waals surface area contributed by atoms with Gasteiger partial charge in [-0.25, -0.2) is 0 Å². The van der Waals surface area contributed by atoms with Crippen LogP contribution in [-0.2, 0) is 0 Å². The Hall–Kier alpha value is -0.940. The summed E-state index contributed by atoms with van der Waals surface area (Å²) in [5.74, 6) is 2.82. The Balaban J connectivity index is 2.12. The van der Waals surface area contributed by atoms with Crippen molar-refractivity contribution in [2.45, 2.75) is 13.0 Å². The summed E-state index contributed by atoms with van der Waals surface area (Å²) in [5.41, 5.74) is 0.797. The summed E-state index contributed by atoms with van der Waals surface area (Å²) >= 11 is 7.78. The summed E-state index contributed by atoms with van der Waals surface area (Å²) in [7, 11) is 0. The number of rotatable bonds is 3. The lowest BCUT2D eigenvalue weighted by Gasteiger charge is -2.17. The zero-order valence-electron chi connectivity index (χ0n) is 9.35. The molecule has 1 N–H and O–H groups in total. The minimum Gasteiger partial charge on any atom is -0.381 e. The Morgan fingerprint density at radius 3 is 2.82 bits per heavy atom. The zero-order valence-corrected chi connectivity index (χ0v) is 10.9. The van der Waals surface area contributed by atoms with Crippen molar-refractivity contribution in [3.05, 3.63) is 33.3 Å². The van der Waals surface area contributed by atoms with Crippen LogP contribution in [0.25, 0.3) is 0 Å². The van der Waals surface area contributed by atoms with E-state index in [2.05, 4.69) is 12.2 Å². The number of thioether (sulfide) groups is 1. The maximum atomic E-state index is 10.6. The average Bonchev–Trinajstić information content (AvgIpc) is 2.64. The first-order chi connectivity index (χ1) is 8.08. The van der Waals surface area contributed by atoms with Gasteiger partial charge in [-0.1, -0.05) is 18.5 Å². The van der Waals surface area contributed by atoms with E-state index in [4.69, 9.17) is 11.6 Å². The van der Waals surface area contributed by atoms with Gasteiger partial charge in [0.15, 0.2) is 0 Å². The molecule has 1 heterocycles. The lowest BCUT2D eigenvalue weighted by molar-refractivity contribution is -0.384. The van der Waals surface area contributed by atoms with Gasteiger partial charge in [0.05, 0.1) is 4.92 Å². The second kappa shape index (κ2) is 5.14. The highest BCUT2D eigenvalue weighted by Gasteiger charge is 2.24. The number of nitrogens with one attached hydrogen (secondary N) is 1. The maximum absolute atomic E-state index is 10.6. The van der Waals surface area contributed by atoms with E-state index in [1.165, 1.54) is 6.07 Å². The summed E-state index contributed by atoms with van der Waals surface area (Å²) in [5, 5.41) is 14.2. The molecule has 2 unspecified atom stereocenters. The molecule has 4 nitrogen and oxygen atoms in total. The molecule has 17 heavy (non-hydrogen) atoms. The van der Waals surface area contributed by atoms with Crippen LogP contribution < -0.4 is 5.32 Å². The van der Waals surface area contributed by atoms with Gasteiger partial charge in [-0.15, -0.1) is 0 Å². The molecule has 0 aromatic heterocycles. The van der Waals surface area contributed by atoms with Gasteiger partial charge in [0.25, 0.3) is 5.69 Å². The monoisotopic (exact) mass is 272 g/mol. The third kappa shape index (κ3) is 2.84. The standard InChI is InChI=1S/C11H13ClN2O2S/c1-7-5-17-6-10(7)13-8-2-3-11(14(15)16)9(12)4-8/h2-4,7,10,13H,5-6H2,1H3. The van der Waals surface area contributed by atoms with E-state index >= 15 is 0 Å². The molecule has 1 aliphatic rings. The van der Waals surface area contributed by atoms with Crippen molar-refractivity contribution in [1.29, 1.82) is 0 Å². The second-order valence-electron chi connectivity index (χ2n) is 4.19. The minimum atomic E-state index is -0.472. The van der Waals surface area contributed by atoms with E-state index in [0.717, 1.165) is 17.2 Å². The number of hydrogen-bond donors (Lipinski definition) is 1. The molecule has 2 rings (SSSR count). The number of halogens is 1. The van der Waals surface area contributed by atoms with E-state index in [1.54, 1.807) is 12.1 Å². The van der Waals surface area contributed by atoms with Crippen LogP contribution in [0.2, 0.25) is 5.02 Å². The molecule has 92 valence electrons. The van der Waals surface area contributed by atoms with Gasteiger partial charge in [-0.2, -0.15) is 11.8 Å². The molecule has 0 aliphatic carbocycles. The Morgan fingerprint density at radius 1 is 1.53 bits per heavy atom. The SMILES string of the molecule is CC1CSCC1Nc1ccc([N+](=O)[O-])c(Cl)c1. The predicted molar refractivity (Wildman–Crippen MR) is 72.0 cm³/mol. The normalized spacial score (nSPS) is 23.6. The van der Waals surface area contributed by atoms with E-state index in [0.29, 0.717) is 12.0 Å². The minimum absolute atomic E-state index is 0.0499. The first kappa shape index (κ1) is 12.5. The van der Waals surface area contributed by atoms with Crippen LogP contribution in [0.1, 0.15) is 6.92 Å². The molecule has 0 radical (unpaired) electrons. The summed E-state index contributed by atoms with van der Waals surface area (Å²) < 4.78 is 0. The number of nitro benzene ring substituents is 1. The molecule has 1 aromatic carbocycles. The Kier molecular flexibility index (Phi) is 3.79. The highest BCUT2D eigenvalue weighted by atomic mass is 35.5. The molecule has 6 heteroatoms. The third-order valence-corrected chi connectivity index (χ3v) is 4.52. The summed E-state index contributed by atoms with van der Waals surface area (Å²) in [4.78, 5) is 10.2. The molecule has 1 fully saturated rings. The smallest absolute Gasteiger partial charge is 0.288 e. The lowest BCUT2D eigenvalue weighted by atomic mass is 10.1. The number of nitro groups is 1. The number of anilines is 1. The van der Waals surface area contributed by atoms with Crippen LogP contribution in [0.15, 0.2) is 18.2 Å². The van der Waals surface area contributed by atoms with Crippen LogP contribution in [-0.4, -0.2) is 22.5 Å². The molecule has 0 spiro atoms. The third-order valence-electron chi connectivity index (χ3n) is 2.86. The Bertz CT molecular complexity index is 441. The highest BCUT2D eigenvalue weighted by Crippen LogP contribution is 2.30. The molecule has 1 aromatic rings. The Morgan fingerprint density at radius 2 is 2.29 bits per heavy atom. The fourth-order valence-corrected chi connectivity index (χ4v) is 3.46. The molecular formula is C11H13ClN2O2S. The topological polar surface area (TPSA) is 55.2 Å². The summed E-state index contributed by atoms with van der Waals surface area (Å²) in [6, 6.07) is 5.18. The fraction of sp³-hybridized carbons (Fsp3) is 0.455. The first-order valence-corrected chi connectivity index (χ1v) is 6.89. The van der Waals surface area contributed by atoms with Crippen LogP contribution >= 0.6 is 23.4 Å². The van der Waals surface area contributed by atoms with Gasteiger partial charge in [-0.3, -0.25) is 10.1 Å². The number of nitrogens with zero attached hydrogens (tertiary/aromatic N) is 1. The predicted octanol–water partition coefficient (Wildman–Crippen LogP) is 3.41. The highest BCUT2D eigenvalue weighted by molar-refractivity contribution is 7.99. The number of benzene rings is 1.